The lowest BCUT2D eigenvalue weighted by Crippen LogP contribution is -2.38. The molecule has 0 radical (unpaired) electrons. The molecule has 3 N–H and O–H groups in total. The zero-order chi connectivity index (χ0) is 12.1. The lowest BCUT2D eigenvalue weighted by atomic mass is 10.1. The molecular weight excluding hydrogens is 216 g/mol. The van der Waals surface area contributed by atoms with Gasteiger partial charge >= 0.3 is 0 Å². The van der Waals surface area contributed by atoms with Crippen LogP contribution in [0.5, 0.6) is 5.75 Å². The normalized spacial score (nSPS) is 18.2. The van der Waals surface area contributed by atoms with Crippen molar-refractivity contribution in [2.45, 2.75) is 18.9 Å². The van der Waals surface area contributed by atoms with Crippen LogP contribution >= 0.6 is 0 Å². The van der Waals surface area contributed by atoms with Crippen LogP contribution in [0.4, 0.5) is 5.69 Å². The first-order valence-electron chi connectivity index (χ1n) is 6.13. The molecular formula is C13H20N2O2. The van der Waals surface area contributed by atoms with Crippen molar-refractivity contribution in [2.75, 3.05) is 32.0 Å². The topological polar surface area (TPSA) is 58.7 Å². The van der Waals surface area contributed by atoms with Gasteiger partial charge in [0.05, 0.1) is 6.10 Å². The van der Waals surface area contributed by atoms with Crippen molar-refractivity contribution in [3.05, 3.63) is 24.3 Å². The van der Waals surface area contributed by atoms with E-state index in [2.05, 4.69) is 4.90 Å². The standard InChI is InChI=1S/C13H20N2O2/c14-11-2-1-3-13(10-11)17-9-8-15-6-4-12(16)5-7-15/h1-3,10,12,16H,4-9,14H2. The Morgan fingerprint density at radius 3 is 2.82 bits per heavy atom. The Bertz CT molecular complexity index is 349. The van der Waals surface area contributed by atoms with Gasteiger partial charge in [0.1, 0.15) is 12.4 Å². The summed E-state index contributed by atoms with van der Waals surface area (Å²) in [6.07, 6.45) is 1.64. The van der Waals surface area contributed by atoms with Gasteiger partial charge in [-0.1, -0.05) is 6.07 Å². The van der Waals surface area contributed by atoms with Gasteiger partial charge in [0.25, 0.3) is 0 Å². The molecule has 0 aromatic heterocycles. The first-order valence-corrected chi connectivity index (χ1v) is 6.13. The molecule has 1 fully saturated rings. The van der Waals surface area contributed by atoms with E-state index < -0.39 is 0 Å². The first-order chi connectivity index (χ1) is 8.24. The summed E-state index contributed by atoms with van der Waals surface area (Å²) in [5.74, 6) is 0.821. The third-order valence-corrected chi connectivity index (χ3v) is 3.09. The number of benzene rings is 1. The van der Waals surface area contributed by atoms with Crippen molar-refractivity contribution in [3.63, 3.8) is 0 Å². The molecule has 0 unspecified atom stereocenters. The average molecular weight is 236 g/mol. The maximum absolute atomic E-state index is 9.39. The quantitative estimate of drug-likeness (QED) is 0.769. The van der Waals surface area contributed by atoms with Crippen LogP contribution in [0, 0.1) is 0 Å². The van der Waals surface area contributed by atoms with Gasteiger partial charge in [-0.2, -0.15) is 0 Å². The van der Waals surface area contributed by atoms with Gasteiger partial charge in [0, 0.05) is 31.4 Å². The van der Waals surface area contributed by atoms with Crippen molar-refractivity contribution >= 4 is 5.69 Å². The molecule has 0 atom stereocenters. The van der Waals surface area contributed by atoms with Crippen LogP contribution in [0.15, 0.2) is 24.3 Å². The molecule has 1 aromatic rings. The largest absolute Gasteiger partial charge is 0.492 e. The number of nitrogens with zero attached hydrogens (tertiary/aromatic N) is 1. The fraction of sp³-hybridized carbons (Fsp3) is 0.538. The van der Waals surface area contributed by atoms with E-state index in [9.17, 15) is 5.11 Å². The molecule has 0 bridgehead atoms. The van der Waals surface area contributed by atoms with E-state index in [0.29, 0.717) is 6.61 Å². The number of rotatable bonds is 4. The van der Waals surface area contributed by atoms with Gasteiger partial charge in [-0.05, 0) is 25.0 Å². The highest BCUT2D eigenvalue weighted by Crippen LogP contribution is 2.15. The molecule has 94 valence electrons. The van der Waals surface area contributed by atoms with E-state index in [0.717, 1.165) is 43.9 Å². The van der Waals surface area contributed by atoms with Gasteiger partial charge in [0.2, 0.25) is 0 Å². The predicted molar refractivity (Wildman–Crippen MR) is 68.0 cm³/mol. The van der Waals surface area contributed by atoms with Gasteiger partial charge in [0.15, 0.2) is 0 Å². The third kappa shape index (κ3) is 3.91. The maximum Gasteiger partial charge on any atom is 0.121 e. The summed E-state index contributed by atoms with van der Waals surface area (Å²) in [5, 5.41) is 9.39. The molecule has 2 rings (SSSR count). The number of likely N-dealkylation sites (tertiary alicyclic amines) is 1. The molecule has 1 heterocycles. The van der Waals surface area contributed by atoms with E-state index in [1.54, 1.807) is 0 Å². The zero-order valence-electron chi connectivity index (χ0n) is 10.0. The fourth-order valence-corrected chi connectivity index (χ4v) is 2.04. The number of hydrogen-bond donors (Lipinski definition) is 2. The van der Waals surface area contributed by atoms with Crippen LogP contribution in [-0.4, -0.2) is 42.4 Å². The highest BCUT2D eigenvalue weighted by molar-refractivity contribution is 5.43. The van der Waals surface area contributed by atoms with Crippen LogP contribution in [0.1, 0.15) is 12.8 Å². The van der Waals surface area contributed by atoms with Crippen LogP contribution < -0.4 is 10.5 Å². The maximum atomic E-state index is 9.39. The Morgan fingerprint density at radius 1 is 1.35 bits per heavy atom. The Morgan fingerprint density at radius 2 is 2.12 bits per heavy atom. The fourth-order valence-electron chi connectivity index (χ4n) is 2.04. The van der Waals surface area contributed by atoms with E-state index in [1.807, 2.05) is 24.3 Å². The number of hydrogen-bond acceptors (Lipinski definition) is 4. The number of nitrogens with two attached hydrogens (primary N) is 1. The monoisotopic (exact) mass is 236 g/mol. The second-order valence-corrected chi connectivity index (χ2v) is 4.49. The molecule has 0 saturated carbocycles. The number of nitrogen functional groups attached to an aromatic ring is 1. The second kappa shape index (κ2) is 5.89. The number of aliphatic hydroxyl groups excluding tert-OH is 1. The number of anilines is 1. The van der Waals surface area contributed by atoms with Gasteiger partial charge < -0.3 is 15.6 Å². The average Bonchev–Trinajstić information content (AvgIpc) is 2.32. The van der Waals surface area contributed by atoms with Crippen LogP contribution in [-0.2, 0) is 0 Å². The van der Waals surface area contributed by atoms with Crippen molar-refractivity contribution in [1.82, 2.24) is 4.90 Å². The minimum Gasteiger partial charge on any atom is -0.492 e. The molecule has 0 spiro atoms. The first kappa shape index (κ1) is 12.2. The minimum absolute atomic E-state index is 0.110. The predicted octanol–water partition coefficient (Wildman–Crippen LogP) is 1.10. The van der Waals surface area contributed by atoms with Crippen molar-refractivity contribution in [3.8, 4) is 5.75 Å². The molecule has 1 aromatic carbocycles. The smallest absolute Gasteiger partial charge is 0.121 e. The molecule has 4 nitrogen and oxygen atoms in total. The molecule has 4 heteroatoms. The van der Waals surface area contributed by atoms with Crippen molar-refractivity contribution < 1.29 is 9.84 Å². The Labute approximate surface area is 102 Å². The van der Waals surface area contributed by atoms with Crippen LogP contribution in [0.2, 0.25) is 0 Å². The lowest BCUT2D eigenvalue weighted by molar-refractivity contribution is 0.0755. The van der Waals surface area contributed by atoms with Gasteiger partial charge in [-0.25, -0.2) is 0 Å². The summed E-state index contributed by atoms with van der Waals surface area (Å²) in [4.78, 5) is 2.32. The molecule has 1 aliphatic heterocycles. The summed E-state index contributed by atoms with van der Waals surface area (Å²) >= 11 is 0. The minimum atomic E-state index is -0.110. The Kier molecular flexibility index (Phi) is 4.23. The van der Waals surface area contributed by atoms with Crippen LogP contribution in [0.25, 0.3) is 0 Å². The second-order valence-electron chi connectivity index (χ2n) is 4.49. The summed E-state index contributed by atoms with van der Waals surface area (Å²) < 4.78 is 5.63. The van der Waals surface area contributed by atoms with Crippen molar-refractivity contribution in [1.29, 1.82) is 0 Å². The highest BCUT2D eigenvalue weighted by atomic mass is 16.5. The molecule has 1 aliphatic rings. The van der Waals surface area contributed by atoms with E-state index in [4.69, 9.17) is 10.5 Å². The summed E-state index contributed by atoms with van der Waals surface area (Å²) in [6.45, 7) is 3.49. The zero-order valence-corrected chi connectivity index (χ0v) is 10.0. The summed E-state index contributed by atoms with van der Waals surface area (Å²) in [5.41, 5.74) is 6.40. The van der Waals surface area contributed by atoms with Crippen molar-refractivity contribution in [2.24, 2.45) is 0 Å². The van der Waals surface area contributed by atoms with Gasteiger partial charge in [-0.3, -0.25) is 4.90 Å². The van der Waals surface area contributed by atoms with E-state index in [-0.39, 0.29) is 6.10 Å². The molecule has 1 saturated heterocycles. The Balaban J connectivity index is 1.69. The van der Waals surface area contributed by atoms with Gasteiger partial charge in [-0.15, -0.1) is 0 Å². The highest BCUT2D eigenvalue weighted by Gasteiger charge is 2.16. The SMILES string of the molecule is Nc1cccc(OCCN2CCC(O)CC2)c1. The lowest BCUT2D eigenvalue weighted by Gasteiger charge is -2.29. The number of ether oxygens (including phenoxy) is 1. The van der Waals surface area contributed by atoms with E-state index >= 15 is 0 Å². The Hall–Kier alpha value is -1.26. The number of aliphatic hydroxyl groups is 1. The number of piperidine rings is 1. The summed E-state index contributed by atoms with van der Waals surface area (Å²) in [7, 11) is 0. The van der Waals surface area contributed by atoms with E-state index in [1.165, 1.54) is 0 Å². The summed E-state index contributed by atoms with van der Waals surface area (Å²) in [6, 6.07) is 7.48. The molecule has 17 heavy (non-hydrogen) atoms. The molecule has 0 amide bonds. The molecule has 0 aliphatic carbocycles. The van der Waals surface area contributed by atoms with Crippen LogP contribution in [0.3, 0.4) is 0 Å². The third-order valence-electron chi connectivity index (χ3n) is 3.09.